The smallest absolute Gasteiger partial charge is 0.221 e. The third-order valence-corrected chi connectivity index (χ3v) is 5.27. The summed E-state index contributed by atoms with van der Waals surface area (Å²) >= 11 is 1.42. The van der Waals surface area contributed by atoms with Gasteiger partial charge in [-0.2, -0.15) is 0 Å². The topological polar surface area (TPSA) is 64.0 Å². The summed E-state index contributed by atoms with van der Waals surface area (Å²) in [7, 11) is 1.78. The average molecular weight is 385 g/mol. The number of thiophene rings is 1. The highest BCUT2D eigenvalue weighted by Gasteiger charge is 2.23. The highest BCUT2D eigenvalue weighted by Crippen LogP contribution is 2.23. The first-order valence-electron chi connectivity index (χ1n) is 8.56. The van der Waals surface area contributed by atoms with Crippen molar-refractivity contribution in [3.8, 4) is 0 Å². The zero-order valence-corrected chi connectivity index (χ0v) is 15.9. The van der Waals surface area contributed by atoms with Gasteiger partial charge in [-0.15, -0.1) is 11.3 Å². The summed E-state index contributed by atoms with van der Waals surface area (Å²) in [5.41, 5.74) is 0.334. The van der Waals surface area contributed by atoms with Crippen LogP contribution in [0.1, 0.15) is 44.8 Å². The van der Waals surface area contributed by atoms with Crippen LogP contribution in [0.4, 0.5) is 4.39 Å². The highest BCUT2D eigenvalue weighted by atomic mass is 32.1. The van der Waals surface area contributed by atoms with Crippen LogP contribution in [0.25, 0.3) is 0 Å². The summed E-state index contributed by atoms with van der Waals surface area (Å²) in [6.07, 6.45) is 3.47. The molecule has 2 heterocycles. The van der Waals surface area contributed by atoms with Gasteiger partial charge in [0.25, 0.3) is 0 Å². The Kier molecular flexibility index (Phi) is 5.81. The lowest BCUT2D eigenvalue weighted by molar-refractivity contribution is -0.121. The summed E-state index contributed by atoms with van der Waals surface area (Å²) < 4.78 is 16.0. The number of hydrogen-bond acceptors (Lipinski definition) is 4. The number of carbonyl (C=O) groups is 2. The molecule has 2 aromatic heterocycles. The molecule has 3 rings (SSSR count). The molecular formula is C20H20FN3O2S. The van der Waals surface area contributed by atoms with E-state index in [1.54, 1.807) is 48.3 Å². The van der Waals surface area contributed by atoms with Crippen LogP contribution < -0.4 is 5.32 Å². The van der Waals surface area contributed by atoms with E-state index < -0.39 is 11.9 Å². The quantitative estimate of drug-likeness (QED) is 0.629. The minimum Gasteiger partial charge on any atom is -0.342 e. The molecule has 5 nitrogen and oxygen atoms in total. The van der Waals surface area contributed by atoms with Crippen molar-refractivity contribution in [1.82, 2.24) is 14.9 Å². The van der Waals surface area contributed by atoms with Crippen LogP contribution in [0, 0.1) is 12.7 Å². The number of aryl methyl sites for hydroxylation is 2. The molecule has 0 radical (unpaired) electrons. The zero-order chi connectivity index (χ0) is 19.4. The van der Waals surface area contributed by atoms with Gasteiger partial charge in [-0.3, -0.25) is 9.59 Å². The fraction of sp³-hybridized carbons (Fsp3) is 0.250. The number of nitrogens with one attached hydrogen (secondary N) is 1. The number of nitrogens with zero attached hydrogens (tertiary/aromatic N) is 2. The predicted molar refractivity (Wildman–Crippen MR) is 102 cm³/mol. The van der Waals surface area contributed by atoms with Crippen molar-refractivity contribution >= 4 is 23.0 Å². The number of hydrogen-bond donors (Lipinski definition) is 1. The Morgan fingerprint density at radius 1 is 1.22 bits per heavy atom. The molecule has 3 aromatic rings. The first kappa shape index (κ1) is 19.0. The molecule has 0 fully saturated rings. The van der Waals surface area contributed by atoms with Crippen molar-refractivity contribution in [2.75, 3.05) is 0 Å². The third-order valence-electron chi connectivity index (χ3n) is 4.23. The Hall–Kier alpha value is -2.80. The number of halogens is 1. The SMILES string of the molecule is Cc1ccc(C(=O)CCC(=O)N[C@H](c2ccccc2F)c2nccn2C)s1. The van der Waals surface area contributed by atoms with Gasteiger partial charge in [0, 0.05) is 42.7 Å². The second-order valence-corrected chi connectivity index (χ2v) is 7.54. The van der Waals surface area contributed by atoms with Gasteiger partial charge in [-0.05, 0) is 25.1 Å². The molecule has 1 atom stereocenters. The number of amides is 1. The molecule has 0 saturated heterocycles. The largest absolute Gasteiger partial charge is 0.342 e. The van der Waals surface area contributed by atoms with Gasteiger partial charge < -0.3 is 9.88 Å². The van der Waals surface area contributed by atoms with Gasteiger partial charge in [0.2, 0.25) is 5.91 Å². The van der Waals surface area contributed by atoms with Crippen LogP contribution in [0.2, 0.25) is 0 Å². The molecule has 7 heteroatoms. The van der Waals surface area contributed by atoms with E-state index in [1.807, 2.05) is 13.0 Å². The predicted octanol–water partition coefficient (Wildman–Crippen LogP) is 3.80. The second kappa shape index (κ2) is 8.26. The maximum atomic E-state index is 14.3. The zero-order valence-electron chi connectivity index (χ0n) is 15.1. The Balaban J connectivity index is 1.72. The van der Waals surface area contributed by atoms with Gasteiger partial charge in [0.15, 0.2) is 5.78 Å². The fourth-order valence-corrected chi connectivity index (χ4v) is 3.65. The molecule has 0 aliphatic heterocycles. The van der Waals surface area contributed by atoms with Gasteiger partial charge in [0.1, 0.15) is 17.7 Å². The third kappa shape index (κ3) is 4.49. The molecule has 0 aliphatic rings. The van der Waals surface area contributed by atoms with E-state index in [9.17, 15) is 14.0 Å². The second-order valence-electron chi connectivity index (χ2n) is 6.25. The monoisotopic (exact) mass is 385 g/mol. The molecule has 0 spiro atoms. The van der Waals surface area contributed by atoms with Crippen LogP contribution in [0.3, 0.4) is 0 Å². The number of benzene rings is 1. The standard InChI is InChI=1S/C20H20FN3O2S/c1-13-7-9-17(27-13)16(25)8-10-18(26)23-19(20-22-11-12-24(20)2)14-5-3-4-6-15(14)21/h3-7,9,11-12,19H,8,10H2,1-2H3,(H,23,26)/t19-/m1/s1. The Bertz CT molecular complexity index is 964. The lowest BCUT2D eigenvalue weighted by atomic mass is 10.0. The van der Waals surface area contributed by atoms with Gasteiger partial charge in [0.05, 0.1) is 4.88 Å². The van der Waals surface area contributed by atoms with Crippen LogP contribution in [-0.2, 0) is 11.8 Å². The van der Waals surface area contributed by atoms with E-state index in [0.29, 0.717) is 16.3 Å². The molecule has 1 amide bonds. The minimum atomic E-state index is -0.724. The summed E-state index contributed by atoms with van der Waals surface area (Å²) in [5, 5.41) is 2.82. The van der Waals surface area contributed by atoms with E-state index in [1.165, 1.54) is 17.4 Å². The molecule has 0 bridgehead atoms. The van der Waals surface area contributed by atoms with E-state index in [-0.39, 0.29) is 24.5 Å². The van der Waals surface area contributed by atoms with Crippen molar-refractivity contribution < 1.29 is 14.0 Å². The number of ketones is 1. The Morgan fingerprint density at radius 2 is 2.00 bits per heavy atom. The number of rotatable bonds is 7. The number of aromatic nitrogens is 2. The Labute approximate surface area is 160 Å². The molecule has 1 aromatic carbocycles. The first-order valence-corrected chi connectivity index (χ1v) is 9.38. The lowest BCUT2D eigenvalue weighted by Crippen LogP contribution is -2.31. The Morgan fingerprint density at radius 3 is 2.63 bits per heavy atom. The van der Waals surface area contributed by atoms with Crippen LogP contribution in [0.5, 0.6) is 0 Å². The molecule has 0 unspecified atom stereocenters. The first-order chi connectivity index (χ1) is 13.0. The average Bonchev–Trinajstić information content (AvgIpc) is 3.27. The molecule has 27 heavy (non-hydrogen) atoms. The number of carbonyl (C=O) groups excluding carboxylic acids is 2. The summed E-state index contributed by atoms with van der Waals surface area (Å²) in [6.45, 7) is 1.93. The normalized spacial score (nSPS) is 12.0. The number of Topliss-reactive ketones (excluding diaryl/α,β-unsaturated/α-hetero) is 1. The fourth-order valence-electron chi connectivity index (χ4n) is 2.81. The molecular weight excluding hydrogens is 365 g/mol. The van der Waals surface area contributed by atoms with Crippen molar-refractivity contribution in [3.63, 3.8) is 0 Å². The summed E-state index contributed by atoms with van der Waals surface area (Å²) in [6, 6.07) is 9.21. The van der Waals surface area contributed by atoms with E-state index >= 15 is 0 Å². The van der Waals surface area contributed by atoms with Gasteiger partial charge >= 0.3 is 0 Å². The van der Waals surface area contributed by atoms with E-state index in [4.69, 9.17) is 0 Å². The van der Waals surface area contributed by atoms with Crippen molar-refractivity contribution in [3.05, 3.63) is 75.8 Å². The maximum absolute atomic E-state index is 14.3. The minimum absolute atomic E-state index is 0.0329. The van der Waals surface area contributed by atoms with E-state index in [0.717, 1.165) is 4.88 Å². The van der Waals surface area contributed by atoms with Crippen LogP contribution in [-0.4, -0.2) is 21.2 Å². The van der Waals surface area contributed by atoms with Gasteiger partial charge in [-0.25, -0.2) is 9.37 Å². The lowest BCUT2D eigenvalue weighted by Gasteiger charge is -2.19. The molecule has 0 aliphatic carbocycles. The summed E-state index contributed by atoms with van der Waals surface area (Å²) in [5.74, 6) is -0.292. The highest BCUT2D eigenvalue weighted by molar-refractivity contribution is 7.14. The summed E-state index contributed by atoms with van der Waals surface area (Å²) in [4.78, 5) is 30.6. The number of imidazole rings is 1. The van der Waals surface area contributed by atoms with Crippen molar-refractivity contribution in [2.24, 2.45) is 7.05 Å². The van der Waals surface area contributed by atoms with Crippen molar-refractivity contribution in [1.29, 1.82) is 0 Å². The van der Waals surface area contributed by atoms with E-state index in [2.05, 4.69) is 10.3 Å². The van der Waals surface area contributed by atoms with Crippen LogP contribution in [0.15, 0.2) is 48.8 Å². The molecule has 0 saturated carbocycles. The van der Waals surface area contributed by atoms with Gasteiger partial charge in [-0.1, -0.05) is 18.2 Å². The molecule has 140 valence electrons. The maximum Gasteiger partial charge on any atom is 0.221 e. The van der Waals surface area contributed by atoms with Crippen LogP contribution >= 0.6 is 11.3 Å². The van der Waals surface area contributed by atoms with Crippen molar-refractivity contribution in [2.45, 2.75) is 25.8 Å². The molecule has 1 N–H and O–H groups in total.